The van der Waals surface area contributed by atoms with E-state index in [2.05, 4.69) is 35.5 Å². The van der Waals surface area contributed by atoms with Crippen LogP contribution < -0.4 is 10.2 Å². The summed E-state index contributed by atoms with van der Waals surface area (Å²) in [7, 11) is 2.12. The molecular formula is C16H25N3O2. The van der Waals surface area contributed by atoms with E-state index in [1.165, 1.54) is 17.7 Å². The number of aliphatic hydroxyl groups is 1. The molecule has 21 heavy (non-hydrogen) atoms. The van der Waals surface area contributed by atoms with Gasteiger partial charge in [0.15, 0.2) is 0 Å². The van der Waals surface area contributed by atoms with Crippen molar-refractivity contribution in [3.8, 4) is 0 Å². The van der Waals surface area contributed by atoms with E-state index in [-0.39, 0.29) is 12.6 Å². The van der Waals surface area contributed by atoms with Gasteiger partial charge in [-0.25, -0.2) is 4.79 Å². The number of fused-ring (bicyclic) bond motifs is 1. The van der Waals surface area contributed by atoms with E-state index in [0.29, 0.717) is 19.6 Å². The first-order valence-corrected chi connectivity index (χ1v) is 7.62. The molecule has 0 atom stereocenters. The molecule has 0 radical (unpaired) electrons. The Morgan fingerprint density at radius 1 is 1.48 bits per heavy atom. The molecule has 1 aromatic rings. The zero-order valence-electron chi connectivity index (χ0n) is 12.9. The molecule has 0 saturated heterocycles. The maximum Gasteiger partial charge on any atom is 0.317 e. The molecule has 0 spiro atoms. The number of anilines is 1. The fourth-order valence-corrected chi connectivity index (χ4v) is 2.76. The highest BCUT2D eigenvalue weighted by atomic mass is 16.3. The number of nitrogens with one attached hydrogen (secondary N) is 1. The fraction of sp³-hybridized carbons (Fsp3) is 0.562. The Labute approximate surface area is 126 Å². The number of likely N-dealkylation sites (N-methyl/N-ethyl adjacent to an activating group) is 1. The molecule has 2 N–H and O–H groups in total. The summed E-state index contributed by atoms with van der Waals surface area (Å²) in [6.07, 6.45) is 2.28. The molecular weight excluding hydrogens is 266 g/mol. The molecule has 5 nitrogen and oxygen atoms in total. The largest absolute Gasteiger partial charge is 0.395 e. The Balaban J connectivity index is 1.96. The molecule has 0 aliphatic carbocycles. The molecule has 1 aliphatic heterocycles. The lowest BCUT2D eigenvalue weighted by Gasteiger charge is -2.28. The predicted octanol–water partition coefficient (Wildman–Crippen LogP) is 1.59. The van der Waals surface area contributed by atoms with Crippen LogP contribution in [0, 0.1) is 0 Å². The smallest absolute Gasteiger partial charge is 0.317 e. The zero-order chi connectivity index (χ0) is 15.2. The van der Waals surface area contributed by atoms with E-state index in [1.807, 2.05) is 6.92 Å². The maximum absolute atomic E-state index is 12.0. The Morgan fingerprint density at radius 3 is 3.00 bits per heavy atom. The van der Waals surface area contributed by atoms with Crippen LogP contribution in [0.5, 0.6) is 0 Å². The Hall–Kier alpha value is -1.75. The number of urea groups is 1. The highest BCUT2D eigenvalue weighted by Gasteiger charge is 2.14. The van der Waals surface area contributed by atoms with Crippen molar-refractivity contribution in [2.45, 2.75) is 26.3 Å². The van der Waals surface area contributed by atoms with Crippen LogP contribution in [0.15, 0.2) is 18.2 Å². The van der Waals surface area contributed by atoms with Gasteiger partial charge in [-0.2, -0.15) is 0 Å². The molecule has 0 bridgehead atoms. The standard InChI is InChI=1S/C16H25N3O2/c1-3-19(9-10-20)16(21)17-12-13-6-7-15-14(11-13)5-4-8-18(15)2/h6-7,11,20H,3-5,8-10,12H2,1-2H3,(H,17,21). The second kappa shape index (κ2) is 7.31. The molecule has 0 saturated carbocycles. The molecule has 1 aliphatic rings. The van der Waals surface area contributed by atoms with Crippen LogP contribution in [-0.4, -0.2) is 49.3 Å². The minimum absolute atomic E-state index is 0.00750. The van der Waals surface area contributed by atoms with E-state index in [1.54, 1.807) is 4.90 Å². The topological polar surface area (TPSA) is 55.8 Å². The summed E-state index contributed by atoms with van der Waals surface area (Å²) < 4.78 is 0. The number of aryl methyl sites for hydroxylation is 1. The Bertz CT molecular complexity index is 490. The predicted molar refractivity (Wildman–Crippen MR) is 84.6 cm³/mol. The zero-order valence-corrected chi connectivity index (χ0v) is 12.9. The van der Waals surface area contributed by atoms with Gasteiger partial charge in [-0.3, -0.25) is 0 Å². The highest BCUT2D eigenvalue weighted by molar-refractivity contribution is 5.74. The molecule has 1 aromatic carbocycles. The number of carbonyl (C=O) groups is 1. The second-order valence-corrected chi connectivity index (χ2v) is 5.45. The quantitative estimate of drug-likeness (QED) is 0.866. The monoisotopic (exact) mass is 291 g/mol. The molecule has 1 heterocycles. The number of amides is 2. The maximum atomic E-state index is 12.0. The van der Waals surface area contributed by atoms with E-state index in [9.17, 15) is 4.79 Å². The summed E-state index contributed by atoms with van der Waals surface area (Å²) in [5.41, 5.74) is 3.78. The van der Waals surface area contributed by atoms with Crippen molar-refractivity contribution in [1.82, 2.24) is 10.2 Å². The summed E-state index contributed by atoms with van der Waals surface area (Å²) in [5, 5.41) is 11.8. The minimum atomic E-state index is -0.124. The number of benzene rings is 1. The lowest BCUT2D eigenvalue weighted by molar-refractivity contribution is 0.180. The van der Waals surface area contributed by atoms with Crippen molar-refractivity contribution in [3.05, 3.63) is 29.3 Å². The van der Waals surface area contributed by atoms with Crippen molar-refractivity contribution in [2.75, 3.05) is 38.2 Å². The van der Waals surface area contributed by atoms with E-state index in [4.69, 9.17) is 5.11 Å². The van der Waals surface area contributed by atoms with Gasteiger partial charge < -0.3 is 20.2 Å². The van der Waals surface area contributed by atoms with Crippen LogP contribution in [0.2, 0.25) is 0 Å². The van der Waals surface area contributed by atoms with Crippen molar-refractivity contribution in [1.29, 1.82) is 0 Å². The third-order valence-corrected chi connectivity index (χ3v) is 3.98. The number of rotatable bonds is 5. The van der Waals surface area contributed by atoms with Gasteiger partial charge in [-0.1, -0.05) is 12.1 Å². The fourth-order valence-electron chi connectivity index (χ4n) is 2.76. The van der Waals surface area contributed by atoms with Crippen LogP contribution in [0.3, 0.4) is 0 Å². The molecule has 2 rings (SSSR count). The Morgan fingerprint density at radius 2 is 2.29 bits per heavy atom. The van der Waals surface area contributed by atoms with Gasteiger partial charge in [-0.05, 0) is 37.0 Å². The summed E-state index contributed by atoms with van der Waals surface area (Å²) in [6.45, 7) is 4.50. The molecule has 0 unspecified atom stereocenters. The molecule has 5 heteroatoms. The van der Waals surface area contributed by atoms with Gasteiger partial charge >= 0.3 is 6.03 Å². The van der Waals surface area contributed by atoms with Gasteiger partial charge in [0.25, 0.3) is 0 Å². The average Bonchev–Trinajstić information content (AvgIpc) is 2.50. The van der Waals surface area contributed by atoms with Crippen LogP contribution in [0.4, 0.5) is 10.5 Å². The Kier molecular flexibility index (Phi) is 5.44. The minimum Gasteiger partial charge on any atom is -0.395 e. The van der Waals surface area contributed by atoms with Gasteiger partial charge in [0, 0.05) is 38.9 Å². The van der Waals surface area contributed by atoms with E-state index < -0.39 is 0 Å². The third-order valence-electron chi connectivity index (χ3n) is 3.98. The van der Waals surface area contributed by atoms with Gasteiger partial charge in [0.05, 0.1) is 6.61 Å². The highest BCUT2D eigenvalue weighted by Crippen LogP contribution is 2.26. The van der Waals surface area contributed by atoms with Crippen LogP contribution in [0.25, 0.3) is 0 Å². The second-order valence-electron chi connectivity index (χ2n) is 5.45. The average molecular weight is 291 g/mol. The molecule has 116 valence electrons. The van der Waals surface area contributed by atoms with Crippen molar-refractivity contribution in [3.63, 3.8) is 0 Å². The lowest BCUT2D eigenvalue weighted by Crippen LogP contribution is -2.41. The first-order chi connectivity index (χ1) is 10.2. The van der Waals surface area contributed by atoms with Crippen molar-refractivity contribution >= 4 is 11.7 Å². The van der Waals surface area contributed by atoms with E-state index in [0.717, 1.165) is 18.5 Å². The summed E-state index contributed by atoms with van der Waals surface area (Å²) in [6, 6.07) is 6.28. The summed E-state index contributed by atoms with van der Waals surface area (Å²) in [5.74, 6) is 0. The molecule has 2 amide bonds. The van der Waals surface area contributed by atoms with Crippen LogP contribution >= 0.6 is 0 Å². The van der Waals surface area contributed by atoms with E-state index >= 15 is 0 Å². The summed E-state index contributed by atoms with van der Waals surface area (Å²) in [4.78, 5) is 15.9. The van der Waals surface area contributed by atoms with Crippen molar-refractivity contribution in [2.24, 2.45) is 0 Å². The van der Waals surface area contributed by atoms with Gasteiger partial charge in [0.1, 0.15) is 0 Å². The molecule has 0 aromatic heterocycles. The SMILES string of the molecule is CCN(CCO)C(=O)NCc1ccc2c(c1)CCCN2C. The normalized spacial score (nSPS) is 13.8. The van der Waals surface area contributed by atoms with Crippen LogP contribution in [0.1, 0.15) is 24.5 Å². The first kappa shape index (κ1) is 15.6. The molecule has 0 fully saturated rings. The van der Waals surface area contributed by atoms with Gasteiger partial charge in [0.2, 0.25) is 0 Å². The van der Waals surface area contributed by atoms with Crippen molar-refractivity contribution < 1.29 is 9.90 Å². The summed E-state index contributed by atoms with van der Waals surface area (Å²) >= 11 is 0. The number of hydrogen-bond donors (Lipinski definition) is 2. The van der Waals surface area contributed by atoms with Crippen LogP contribution in [-0.2, 0) is 13.0 Å². The number of aliphatic hydroxyl groups excluding tert-OH is 1. The first-order valence-electron chi connectivity index (χ1n) is 7.62. The number of hydrogen-bond acceptors (Lipinski definition) is 3. The van der Waals surface area contributed by atoms with Gasteiger partial charge in [-0.15, -0.1) is 0 Å². The third kappa shape index (κ3) is 3.88. The number of nitrogens with zero attached hydrogens (tertiary/aromatic N) is 2. The number of carbonyl (C=O) groups excluding carboxylic acids is 1. The lowest BCUT2D eigenvalue weighted by atomic mass is 9.99.